The average Bonchev–Trinajstić information content (AvgIpc) is 2.38. The first-order valence-electron chi connectivity index (χ1n) is 5.96. The van der Waals surface area contributed by atoms with Crippen LogP contribution < -0.4 is 5.32 Å². The lowest BCUT2D eigenvalue weighted by atomic mass is 10.00. The Kier molecular flexibility index (Phi) is 5.05. The lowest BCUT2D eigenvalue weighted by Gasteiger charge is -2.27. The lowest BCUT2D eigenvalue weighted by molar-refractivity contribution is -0.384. The molecule has 0 heterocycles. The Hall–Kier alpha value is -1.43. The predicted molar refractivity (Wildman–Crippen MR) is 77.8 cm³/mol. The monoisotopic (exact) mass is 328 g/mol. The van der Waals surface area contributed by atoms with Gasteiger partial charge in [-0.15, -0.1) is 0 Å². The fraction of sp³-hybridized carbons (Fsp3) is 0.462. The Morgan fingerprint density at radius 3 is 2.63 bits per heavy atom. The number of aryl methyl sites for hydroxylation is 1. The van der Waals surface area contributed by atoms with E-state index < -0.39 is 4.92 Å². The summed E-state index contributed by atoms with van der Waals surface area (Å²) in [6.07, 6.45) is 0.762. The van der Waals surface area contributed by atoms with Crippen LogP contribution in [-0.4, -0.2) is 21.7 Å². The fourth-order valence-electron chi connectivity index (χ4n) is 1.53. The van der Waals surface area contributed by atoms with Crippen LogP contribution >= 0.6 is 15.9 Å². The van der Waals surface area contributed by atoms with E-state index in [1.54, 1.807) is 13.0 Å². The number of amides is 1. The number of hydrogen-bond acceptors (Lipinski definition) is 3. The quantitative estimate of drug-likeness (QED) is 0.512. The van der Waals surface area contributed by atoms with Crippen LogP contribution in [0.15, 0.2) is 18.2 Å². The van der Waals surface area contributed by atoms with E-state index in [1.807, 2.05) is 13.8 Å². The fourth-order valence-corrected chi connectivity index (χ4v) is 2.06. The van der Waals surface area contributed by atoms with E-state index >= 15 is 0 Å². The predicted octanol–water partition coefficient (Wildman–Crippen LogP) is 3.20. The summed E-state index contributed by atoms with van der Waals surface area (Å²) in [7, 11) is 0. The summed E-state index contributed by atoms with van der Waals surface area (Å²) in [5.41, 5.74) is 0.618. The van der Waals surface area contributed by atoms with Crippen LogP contribution in [0, 0.1) is 17.0 Å². The second kappa shape index (κ2) is 6.14. The molecule has 1 aromatic rings. The summed E-state index contributed by atoms with van der Waals surface area (Å²) >= 11 is 3.37. The molecular weight excluding hydrogens is 312 g/mol. The summed E-state index contributed by atoms with van der Waals surface area (Å²) in [4.78, 5) is 22.5. The van der Waals surface area contributed by atoms with Crippen molar-refractivity contribution in [2.45, 2.75) is 32.7 Å². The minimum absolute atomic E-state index is 0.0761. The number of benzene rings is 1. The molecule has 6 heteroatoms. The number of carbonyl (C=O) groups is 1. The molecule has 0 saturated carbocycles. The Labute approximate surface area is 120 Å². The molecule has 1 atom stereocenters. The number of halogens is 1. The van der Waals surface area contributed by atoms with E-state index in [4.69, 9.17) is 0 Å². The number of nitrogens with one attached hydrogen (secondary N) is 1. The number of hydrogen-bond donors (Lipinski definition) is 1. The first kappa shape index (κ1) is 15.6. The summed E-state index contributed by atoms with van der Waals surface area (Å²) in [5.74, 6) is -0.287. The lowest BCUT2D eigenvalue weighted by Crippen LogP contribution is -2.47. The van der Waals surface area contributed by atoms with Gasteiger partial charge in [0.25, 0.3) is 11.6 Å². The average molecular weight is 329 g/mol. The molecule has 0 fully saturated rings. The van der Waals surface area contributed by atoms with Crippen LogP contribution in [0.4, 0.5) is 5.69 Å². The topological polar surface area (TPSA) is 72.2 Å². The molecule has 0 aliphatic heterocycles. The molecule has 0 aromatic heterocycles. The molecule has 104 valence electrons. The van der Waals surface area contributed by atoms with Gasteiger partial charge in [-0.05, 0) is 25.8 Å². The van der Waals surface area contributed by atoms with Gasteiger partial charge in [0.1, 0.15) is 0 Å². The normalized spacial score (nSPS) is 13.7. The zero-order valence-corrected chi connectivity index (χ0v) is 12.8. The number of nitrogens with zero attached hydrogens (tertiary/aromatic N) is 1. The van der Waals surface area contributed by atoms with Crippen molar-refractivity contribution in [3.63, 3.8) is 0 Å². The van der Waals surface area contributed by atoms with Gasteiger partial charge in [0, 0.05) is 28.6 Å². The second-order valence-corrected chi connectivity index (χ2v) is 5.32. The third kappa shape index (κ3) is 3.76. The number of non-ortho nitro benzene ring substituents is 1. The highest BCUT2D eigenvalue weighted by Crippen LogP contribution is 2.19. The van der Waals surface area contributed by atoms with Crippen molar-refractivity contribution in [2.75, 3.05) is 5.33 Å². The Bertz CT molecular complexity index is 499. The molecule has 5 nitrogen and oxygen atoms in total. The molecule has 0 aliphatic rings. The maximum absolute atomic E-state index is 12.2. The van der Waals surface area contributed by atoms with Crippen molar-refractivity contribution in [2.24, 2.45) is 0 Å². The maximum Gasteiger partial charge on any atom is 0.270 e. The molecule has 0 saturated heterocycles. The van der Waals surface area contributed by atoms with E-state index in [0.29, 0.717) is 10.9 Å². The molecule has 1 rings (SSSR count). The van der Waals surface area contributed by atoms with Crippen molar-refractivity contribution < 1.29 is 9.72 Å². The minimum atomic E-state index is -0.500. The van der Waals surface area contributed by atoms with E-state index in [9.17, 15) is 14.9 Å². The molecule has 1 amide bonds. The van der Waals surface area contributed by atoms with E-state index in [2.05, 4.69) is 21.2 Å². The van der Waals surface area contributed by atoms with Crippen molar-refractivity contribution in [1.29, 1.82) is 0 Å². The van der Waals surface area contributed by atoms with Gasteiger partial charge < -0.3 is 5.32 Å². The van der Waals surface area contributed by atoms with Crippen LogP contribution in [-0.2, 0) is 0 Å². The molecule has 1 unspecified atom stereocenters. The largest absolute Gasteiger partial charge is 0.346 e. The van der Waals surface area contributed by atoms with Crippen LogP contribution in [0.3, 0.4) is 0 Å². The van der Waals surface area contributed by atoms with Crippen LogP contribution in [0.5, 0.6) is 0 Å². The van der Waals surface area contributed by atoms with Crippen LogP contribution in [0.2, 0.25) is 0 Å². The molecule has 1 aromatic carbocycles. The van der Waals surface area contributed by atoms with Gasteiger partial charge in [-0.1, -0.05) is 28.9 Å². The smallest absolute Gasteiger partial charge is 0.270 e. The van der Waals surface area contributed by atoms with Gasteiger partial charge in [0.2, 0.25) is 0 Å². The summed E-state index contributed by atoms with van der Waals surface area (Å²) in [5, 5.41) is 14.3. The van der Waals surface area contributed by atoms with E-state index in [0.717, 1.165) is 12.0 Å². The van der Waals surface area contributed by atoms with Crippen molar-refractivity contribution in [3.05, 3.63) is 39.4 Å². The molecular formula is C13H17BrN2O3. The minimum Gasteiger partial charge on any atom is -0.346 e. The SMILES string of the molecule is CCC(C)(CBr)NC(=O)c1cc([N+](=O)[O-])ccc1C. The van der Waals surface area contributed by atoms with E-state index in [1.165, 1.54) is 12.1 Å². The standard InChI is InChI=1S/C13H17BrN2O3/c1-4-13(3,8-14)15-12(17)11-7-10(16(18)19)6-5-9(11)2/h5-7H,4,8H2,1-3H3,(H,15,17). The first-order chi connectivity index (χ1) is 8.83. The number of nitro benzene ring substituents is 1. The molecule has 0 bridgehead atoms. The molecule has 0 radical (unpaired) electrons. The third-order valence-electron chi connectivity index (χ3n) is 3.17. The zero-order chi connectivity index (χ0) is 14.6. The number of alkyl halides is 1. The summed E-state index contributed by atoms with van der Waals surface area (Å²) in [6, 6.07) is 4.30. The van der Waals surface area contributed by atoms with Gasteiger partial charge in [-0.25, -0.2) is 0 Å². The number of carbonyl (C=O) groups excluding carboxylic acids is 1. The van der Waals surface area contributed by atoms with Crippen molar-refractivity contribution in [3.8, 4) is 0 Å². The second-order valence-electron chi connectivity index (χ2n) is 4.76. The van der Waals surface area contributed by atoms with Crippen LogP contribution in [0.1, 0.15) is 36.2 Å². The summed E-state index contributed by atoms with van der Waals surface area (Å²) in [6.45, 7) is 5.66. The highest BCUT2D eigenvalue weighted by molar-refractivity contribution is 9.09. The third-order valence-corrected chi connectivity index (χ3v) is 4.40. The van der Waals surface area contributed by atoms with Gasteiger partial charge in [-0.2, -0.15) is 0 Å². The summed E-state index contributed by atoms with van der Waals surface area (Å²) < 4.78 is 0. The van der Waals surface area contributed by atoms with E-state index in [-0.39, 0.29) is 17.1 Å². The number of nitro groups is 1. The van der Waals surface area contributed by atoms with Gasteiger partial charge in [0.15, 0.2) is 0 Å². The maximum atomic E-state index is 12.2. The Balaban J connectivity index is 3.06. The first-order valence-corrected chi connectivity index (χ1v) is 7.08. The van der Waals surface area contributed by atoms with Gasteiger partial charge >= 0.3 is 0 Å². The van der Waals surface area contributed by atoms with Gasteiger partial charge in [-0.3, -0.25) is 14.9 Å². The Morgan fingerprint density at radius 2 is 2.16 bits per heavy atom. The molecule has 0 spiro atoms. The van der Waals surface area contributed by atoms with Gasteiger partial charge in [0.05, 0.1) is 4.92 Å². The van der Waals surface area contributed by atoms with Crippen molar-refractivity contribution >= 4 is 27.5 Å². The molecule has 1 N–H and O–H groups in total. The van der Waals surface area contributed by atoms with Crippen molar-refractivity contribution in [1.82, 2.24) is 5.32 Å². The number of rotatable bonds is 5. The zero-order valence-electron chi connectivity index (χ0n) is 11.2. The Morgan fingerprint density at radius 1 is 1.53 bits per heavy atom. The van der Waals surface area contributed by atoms with Crippen LogP contribution in [0.25, 0.3) is 0 Å². The highest BCUT2D eigenvalue weighted by atomic mass is 79.9. The highest BCUT2D eigenvalue weighted by Gasteiger charge is 2.25. The molecule has 0 aliphatic carbocycles. The molecule has 19 heavy (non-hydrogen) atoms.